The summed E-state index contributed by atoms with van der Waals surface area (Å²) in [6.07, 6.45) is 0.934. The van der Waals surface area contributed by atoms with Gasteiger partial charge in [0.2, 0.25) is 0 Å². The van der Waals surface area contributed by atoms with Gasteiger partial charge in [-0.15, -0.1) is 0 Å². The molecule has 3 aromatic carbocycles. The van der Waals surface area contributed by atoms with Crippen LogP contribution >= 0.6 is 15.9 Å². The molecule has 0 aliphatic carbocycles. The highest BCUT2D eigenvalue weighted by Crippen LogP contribution is 2.31. The molecular weight excluding hydrogens is 480 g/mol. The highest BCUT2D eigenvalue weighted by atomic mass is 79.9. The van der Waals surface area contributed by atoms with Gasteiger partial charge >= 0.3 is 0 Å². The van der Waals surface area contributed by atoms with Gasteiger partial charge in [-0.25, -0.2) is 0 Å². The maximum atomic E-state index is 12.4. The first-order valence-electron chi connectivity index (χ1n) is 11.3. The Hall–Kier alpha value is -2.67. The number of benzene rings is 3. The maximum absolute atomic E-state index is 12.4. The maximum Gasteiger partial charge on any atom is 0.251 e. The largest absolute Gasteiger partial charge is 0.489 e. The molecule has 1 fully saturated rings. The number of halogens is 1. The Morgan fingerprint density at radius 2 is 1.73 bits per heavy atom. The first kappa shape index (κ1) is 23.5. The first-order chi connectivity index (χ1) is 16.2. The van der Waals surface area contributed by atoms with Crippen LogP contribution in [0.4, 0.5) is 0 Å². The lowest BCUT2D eigenvalue weighted by Crippen LogP contribution is -2.38. The lowest BCUT2D eigenvalue weighted by molar-refractivity contribution is 0.0374. The second-order valence-corrected chi connectivity index (χ2v) is 8.81. The number of nitrogens with one attached hydrogen (secondary N) is 1. The zero-order valence-electron chi connectivity index (χ0n) is 18.6. The predicted molar refractivity (Wildman–Crippen MR) is 135 cm³/mol. The van der Waals surface area contributed by atoms with Crippen molar-refractivity contribution in [3.8, 4) is 16.9 Å². The van der Waals surface area contributed by atoms with Crippen LogP contribution < -0.4 is 10.1 Å². The molecule has 1 N–H and O–H groups in total. The molecule has 0 aromatic heterocycles. The van der Waals surface area contributed by atoms with Crippen LogP contribution in [0.15, 0.2) is 77.3 Å². The highest BCUT2D eigenvalue weighted by molar-refractivity contribution is 9.10. The minimum atomic E-state index is -0.0539. The van der Waals surface area contributed by atoms with Gasteiger partial charge in [-0.1, -0.05) is 48.5 Å². The van der Waals surface area contributed by atoms with Crippen molar-refractivity contribution in [2.24, 2.45) is 0 Å². The third-order valence-corrected chi connectivity index (χ3v) is 6.65. The van der Waals surface area contributed by atoms with Gasteiger partial charge in [-0.2, -0.15) is 0 Å². The number of carbonyl (C=O) groups excluding carboxylic acids is 1. The lowest BCUT2D eigenvalue weighted by Gasteiger charge is -2.26. The first-order valence-corrected chi connectivity index (χ1v) is 12.1. The zero-order valence-corrected chi connectivity index (χ0v) is 20.2. The van der Waals surface area contributed by atoms with Crippen molar-refractivity contribution in [1.82, 2.24) is 10.2 Å². The van der Waals surface area contributed by atoms with Gasteiger partial charge in [-0.05, 0) is 64.3 Å². The van der Waals surface area contributed by atoms with Crippen molar-refractivity contribution in [2.45, 2.75) is 13.0 Å². The quantitative estimate of drug-likeness (QED) is 0.406. The molecule has 1 aliphatic rings. The number of morpholine rings is 1. The molecule has 0 saturated carbocycles. The van der Waals surface area contributed by atoms with E-state index in [0.717, 1.165) is 66.2 Å². The van der Waals surface area contributed by atoms with Gasteiger partial charge < -0.3 is 14.8 Å². The number of nitrogens with zero attached hydrogens (tertiary/aromatic N) is 1. The summed E-state index contributed by atoms with van der Waals surface area (Å²) in [5, 5.41) is 3.00. The molecule has 3 aromatic rings. The van der Waals surface area contributed by atoms with E-state index in [0.29, 0.717) is 18.7 Å². The average molecular weight is 509 g/mol. The zero-order chi connectivity index (χ0) is 22.9. The molecule has 1 heterocycles. The molecule has 0 radical (unpaired) electrons. The van der Waals surface area contributed by atoms with E-state index in [9.17, 15) is 4.79 Å². The third-order valence-electron chi connectivity index (χ3n) is 5.71. The summed E-state index contributed by atoms with van der Waals surface area (Å²) in [5.74, 6) is 0.678. The number of rotatable bonds is 9. The normalized spacial score (nSPS) is 14.1. The Labute approximate surface area is 203 Å². The molecule has 4 rings (SSSR count). The van der Waals surface area contributed by atoms with E-state index >= 15 is 0 Å². The second-order valence-electron chi connectivity index (χ2n) is 8.02. The van der Waals surface area contributed by atoms with E-state index in [-0.39, 0.29) is 5.91 Å². The van der Waals surface area contributed by atoms with Crippen molar-refractivity contribution in [1.29, 1.82) is 0 Å². The fourth-order valence-corrected chi connectivity index (χ4v) is 4.43. The van der Waals surface area contributed by atoms with Crippen molar-refractivity contribution in [2.75, 3.05) is 39.4 Å². The van der Waals surface area contributed by atoms with E-state index in [4.69, 9.17) is 9.47 Å². The third kappa shape index (κ3) is 6.67. The summed E-state index contributed by atoms with van der Waals surface area (Å²) in [6, 6.07) is 23.8. The Morgan fingerprint density at radius 3 is 2.48 bits per heavy atom. The Balaban J connectivity index is 1.26. The van der Waals surface area contributed by atoms with Crippen LogP contribution in [-0.2, 0) is 11.3 Å². The van der Waals surface area contributed by atoms with Gasteiger partial charge in [-0.3, -0.25) is 9.69 Å². The molecule has 1 saturated heterocycles. The SMILES string of the molecule is O=C(NCCCN1CCOCC1)c1ccc(OCc2cccc(-c3ccccc3)c2Br)cc1. The van der Waals surface area contributed by atoms with Crippen LogP contribution in [0.5, 0.6) is 5.75 Å². The fourth-order valence-electron chi connectivity index (χ4n) is 3.83. The highest BCUT2D eigenvalue weighted by Gasteiger charge is 2.11. The van der Waals surface area contributed by atoms with Crippen LogP contribution in [0.3, 0.4) is 0 Å². The molecule has 172 valence electrons. The van der Waals surface area contributed by atoms with Gasteiger partial charge in [0.1, 0.15) is 12.4 Å². The van der Waals surface area contributed by atoms with E-state index in [1.807, 2.05) is 48.5 Å². The Kier molecular flexibility index (Phi) is 8.53. The Morgan fingerprint density at radius 1 is 0.970 bits per heavy atom. The topological polar surface area (TPSA) is 50.8 Å². The second kappa shape index (κ2) is 12.0. The van der Waals surface area contributed by atoms with Gasteiger partial charge in [0, 0.05) is 35.2 Å². The summed E-state index contributed by atoms with van der Waals surface area (Å²) < 4.78 is 12.4. The molecule has 1 amide bonds. The number of ether oxygens (including phenoxy) is 2. The Bertz CT molecular complexity index is 1030. The summed E-state index contributed by atoms with van der Waals surface area (Å²) in [6.45, 7) is 5.64. The van der Waals surface area contributed by atoms with Crippen molar-refractivity contribution < 1.29 is 14.3 Å². The summed E-state index contributed by atoms with van der Waals surface area (Å²) >= 11 is 3.74. The molecule has 0 atom stereocenters. The van der Waals surface area contributed by atoms with E-state index in [1.54, 1.807) is 0 Å². The molecule has 0 unspecified atom stereocenters. The van der Waals surface area contributed by atoms with E-state index in [2.05, 4.69) is 50.4 Å². The van der Waals surface area contributed by atoms with Crippen LogP contribution in [0, 0.1) is 0 Å². The monoisotopic (exact) mass is 508 g/mol. The average Bonchev–Trinajstić information content (AvgIpc) is 2.87. The molecule has 6 heteroatoms. The number of carbonyl (C=O) groups is 1. The summed E-state index contributed by atoms with van der Waals surface area (Å²) in [4.78, 5) is 14.8. The van der Waals surface area contributed by atoms with Gasteiger partial charge in [0.05, 0.1) is 13.2 Å². The molecule has 0 spiro atoms. The van der Waals surface area contributed by atoms with Crippen LogP contribution in [0.1, 0.15) is 22.3 Å². The smallest absolute Gasteiger partial charge is 0.251 e. The van der Waals surface area contributed by atoms with Crippen molar-refractivity contribution in [3.63, 3.8) is 0 Å². The predicted octanol–water partition coefficient (Wildman–Crippen LogP) is 5.15. The minimum Gasteiger partial charge on any atom is -0.489 e. The lowest BCUT2D eigenvalue weighted by atomic mass is 10.0. The fraction of sp³-hybridized carbons (Fsp3) is 0.296. The number of hydrogen-bond donors (Lipinski definition) is 1. The van der Waals surface area contributed by atoms with Gasteiger partial charge in [0.25, 0.3) is 5.91 Å². The molecule has 1 aliphatic heterocycles. The molecule has 33 heavy (non-hydrogen) atoms. The number of amides is 1. The van der Waals surface area contributed by atoms with Crippen LogP contribution in [-0.4, -0.2) is 50.2 Å². The molecular formula is C27H29BrN2O3. The molecule has 0 bridgehead atoms. The minimum absolute atomic E-state index is 0.0539. The standard InChI is InChI=1S/C27H29BrN2O3/c28-26-23(8-4-9-25(26)21-6-2-1-3-7-21)20-33-24-12-10-22(11-13-24)27(31)29-14-5-15-30-16-18-32-19-17-30/h1-4,6-13H,5,14-20H2,(H,29,31). The van der Waals surface area contributed by atoms with Crippen molar-refractivity contribution in [3.05, 3.63) is 88.4 Å². The van der Waals surface area contributed by atoms with Crippen LogP contribution in [0.2, 0.25) is 0 Å². The van der Waals surface area contributed by atoms with Crippen LogP contribution in [0.25, 0.3) is 11.1 Å². The van der Waals surface area contributed by atoms with Gasteiger partial charge in [0.15, 0.2) is 0 Å². The molecule has 5 nitrogen and oxygen atoms in total. The van der Waals surface area contributed by atoms with E-state index < -0.39 is 0 Å². The van der Waals surface area contributed by atoms with Crippen molar-refractivity contribution >= 4 is 21.8 Å². The van der Waals surface area contributed by atoms with E-state index in [1.165, 1.54) is 0 Å². The summed E-state index contributed by atoms with van der Waals surface area (Å²) in [5.41, 5.74) is 4.00. The number of hydrogen-bond acceptors (Lipinski definition) is 4. The summed E-state index contributed by atoms with van der Waals surface area (Å²) in [7, 11) is 0.